The molecule has 1 aromatic carbocycles. The van der Waals surface area contributed by atoms with Gasteiger partial charge in [-0.15, -0.1) is 21.5 Å². The first-order valence-electron chi connectivity index (χ1n) is 10.3. The summed E-state index contributed by atoms with van der Waals surface area (Å²) >= 11 is 3.03. The van der Waals surface area contributed by atoms with Gasteiger partial charge in [0.25, 0.3) is 5.91 Å². The normalized spacial score (nSPS) is 11.1. The molecule has 0 spiro atoms. The summed E-state index contributed by atoms with van der Waals surface area (Å²) in [6, 6.07) is 12.1. The average Bonchev–Trinajstić information content (AvgIpc) is 3.44. The number of benzene rings is 1. The molecule has 0 aliphatic heterocycles. The van der Waals surface area contributed by atoms with Crippen molar-refractivity contribution in [2.45, 2.75) is 31.7 Å². The van der Waals surface area contributed by atoms with E-state index in [4.69, 9.17) is 0 Å². The molecule has 7 nitrogen and oxygen atoms in total. The fourth-order valence-electron chi connectivity index (χ4n) is 2.97. The SMILES string of the molecule is Cc1ccc(-n2c(SCc3nc(C(=O)NCC(C)C)cs3)nnc2-c2ccncc2)cc1. The van der Waals surface area contributed by atoms with Crippen LogP contribution in [0.1, 0.15) is 34.9 Å². The predicted molar refractivity (Wildman–Crippen MR) is 128 cm³/mol. The molecular formula is C23H24N6OS2. The Hall–Kier alpha value is -3.04. The van der Waals surface area contributed by atoms with E-state index < -0.39 is 0 Å². The van der Waals surface area contributed by atoms with Gasteiger partial charge in [-0.25, -0.2) is 4.98 Å². The van der Waals surface area contributed by atoms with Crippen molar-refractivity contribution in [1.82, 2.24) is 30.0 Å². The van der Waals surface area contributed by atoms with Gasteiger partial charge in [-0.1, -0.05) is 43.3 Å². The largest absolute Gasteiger partial charge is 0.350 e. The van der Waals surface area contributed by atoms with Gasteiger partial charge >= 0.3 is 0 Å². The first-order valence-corrected chi connectivity index (χ1v) is 12.2. The summed E-state index contributed by atoms with van der Waals surface area (Å²) < 4.78 is 2.04. The summed E-state index contributed by atoms with van der Waals surface area (Å²) in [5, 5.41) is 15.3. The molecule has 9 heteroatoms. The molecule has 164 valence electrons. The van der Waals surface area contributed by atoms with E-state index in [1.165, 1.54) is 16.9 Å². The van der Waals surface area contributed by atoms with E-state index in [2.05, 4.69) is 70.5 Å². The zero-order chi connectivity index (χ0) is 22.5. The van der Waals surface area contributed by atoms with Gasteiger partial charge in [-0.2, -0.15) is 0 Å². The monoisotopic (exact) mass is 464 g/mol. The second-order valence-electron chi connectivity index (χ2n) is 7.73. The van der Waals surface area contributed by atoms with Crippen LogP contribution in [-0.2, 0) is 5.75 Å². The summed E-state index contributed by atoms with van der Waals surface area (Å²) in [5.41, 5.74) is 3.58. The lowest BCUT2D eigenvalue weighted by Crippen LogP contribution is -2.27. The fourth-order valence-corrected chi connectivity index (χ4v) is 4.72. The summed E-state index contributed by atoms with van der Waals surface area (Å²) in [4.78, 5) is 20.9. The first kappa shape index (κ1) is 22.2. The van der Waals surface area contributed by atoms with Crippen LogP contribution in [0.4, 0.5) is 0 Å². The van der Waals surface area contributed by atoms with Gasteiger partial charge < -0.3 is 5.32 Å². The van der Waals surface area contributed by atoms with Crippen molar-refractivity contribution in [3.63, 3.8) is 0 Å². The summed E-state index contributed by atoms with van der Waals surface area (Å²) in [5.74, 6) is 1.62. The number of hydrogen-bond donors (Lipinski definition) is 1. The van der Waals surface area contributed by atoms with Crippen LogP contribution in [0.2, 0.25) is 0 Å². The zero-order valence-corrected chi connectivity index (χ0v) is 19.8. The molecule has 1 N–H and O–H groups in total. The number of hydrogen-bond acceptors (Lipinski definition) is 7. The standard InChI is InChI=1S/C23H24N6OS2/c1-15(2)12-25-22(30)19-13-31-20(26-19)14-32-23-28-27-21(17-8-10-24-11-9-17)29(23)18-6-4-16(3)5-7-18/h4-11,13,15H,12,14H2,1-3H3,(H,25,30). The van der Waals surface area contributed by atoms with Crippen molar-refractivity contribution in [2.75, 3.05) is 6.54 Å². The molecule has 0 aliphatic carbocycles. The molecule has 3 heterocycles. The number of carbonyl (C=O) groups is 1. The lowest BCUT2D eigenvalue weighted by molar-refractivity contribution is 0.0944. The lowest BCUT2D eigenvalue weighted by Gasteiger charge is -2.10. The number of thioether (sulfide) groups is 1. The number of nitrogens with one attached hydrogen (secondary N) is 1. The highest BCUT2D eigenvalue weighted by Gasteiger charge is 2.17. The molecule has 0 fully saturated rings. The van der Waals surface area contributed by atoms with E-state index in [1.54, 1.807) is 29.5 Å². The molecule has 4 rings (SSSR count). The number of pyridine rings is 1. The molecule has 32 heavy (non-hydrogen) atoms. The Morgan fingerprint density at radius 2 is 1.88 bits per heavy atom. The maximum atomic E-state index is 12.3. The molecule has 0 unspecified atom stereocenters. The lowest BCUT2D eigenvalue weighted by atomic mass is 10.2. The molecule has 0 saturated heterocycles. The number of aromatic nitrogens is 5. The van der Waals surface area contributed by atoms with Crippen molar-refractivity contribution in [2.24, 2.45) is 5.92 Å². The predicted octanol–water partition coefficient (Wildman–Crippen LogP) is 4.77. The third-order valence-electron chi connectivity index (χ3n) is 4.64. The van der Waals surface area contributed by atoms with Gasteiger partial charge in [0, 0.05) is 35.6 Å². The van der Waals surface area contributed by atoms with Crippen molar-refractivity contribution >= 4 is 29.0 Å². The van der Waals surface area contributed by atoms with Gasteiger partial charge in [0.2, 0.25) is 0 Å². The van der Waals surface area contributed by atoms with E-state index in [0.717, 1.165) is 27.2 Å². The van der Waals surface area contributed by atoms with E-state index in [-0.39, 0.29) is 5.91 Å². The topological polar surface area (TPSA) is 85.6 Å². The Balaban J connectivity index is 1.56. The van der Waals surface area contributed by atoms with Gasteiger partial charge in [0.1, 0.15) is 10.7 Å². The minimum Gasteiger partial charge on any atom is -0.350 e. The van der Waals surface area contributed by atoms with Crippen LogP contribution in [-0.4, -0.2) is 37.2 Å². The Kier molecular flexibility index (Phi) is 6.96. The molecule has 0 saturated carbocycles. The van der Waals surface area contributed by atoms with Crippen LogP contribution in [0, 0.1) is 12.8 Å². The second-order valence-corrected chi connectivity index (χ2v) is 9.62. The minimum absolute atomic E-state index is 0.131. The van der Waals surface area contributed by atoms with Crippen molar-refractivity contribution in [3.05, 3.63) is 70.4 Å². The second kappa shape index (κ2) is 10.1. The molecule has 0 aliphatic rings. The number of nitrogens with zero attached hydrogens (tertiary/aromatic N) is 5. The van der Waals surface area contributed by atoms with Crippen LogP contribution in [0.3, 0.4) is 0 Å². The Morgan fingerprint density at radius 3 is 2.59 bits per heavy atom. The van der Waals surface area contributed by atoms with E-state index in [9.17, 15) is 4.79 Å². The maximum absolute atomic E-state index is 12.3. The summed E-state index contributed by atoms with van der Waals surface area (Å²) in [6.07, 6.45) is 3.50. The maximum Gasteiger partial charge on any atom is 0.270 e. The Bertz CT molecular complexity index is 1180. The van der Waals surface area contributed by atoms with Gasteiger partial charge in [0.05, 0.1) is 5.75 Å². The molecule has 3 aromatic heterocycles. The quantitative estimate of drug-likeness (QED) is 0.378. The van der Waals surface area contributed by atoms with Crippen LogP contribution in [0.15, 0.2) is 59.3 Å². The zero-order valence-electron chi connectivity index (χ0n) is 18.1. The van der Waals surface area contributed by atoms with Crippen LogP contribution in [0.25, 0.3) is 17.1 Å². The highest BCUT2D eigenvalue weighted by molar-refractivity contribution is 7.98. The Labute approximate surface area is 195 Å². The first-order chi connectivity index (χ1) is 15.5. The molecule has 4 aromatic rings. The average molecular weight is 465 g/mol. The highest BCUT2D eigenvalue weighted by atomic mass is 32.2. The Morgan fingerprint density at radius 1 is 1.12 bits per heavy atom. The number of thiazole rings is 1. The number of aryl methyl sites for hydroxylation is 1. The minimum atomic E-state index is -0.131. The third-order valence-corrected chi connectivity index (χ3v) is 6.62. The van der Waals surface area contributed by atoms with Gasteiger partial charge in [-0.3, -0.25) is 14.3 Å². The smallest absolute Gasteiger partial charge is 0.270 e. The van der Waals surface area contributed by atoms with E-state index in [0.29, 0.717) is 23.9 Å². The van der Waals surface area contributed by atoms with Crippen LogP contribution < -0.4 is 5.32 Å². The molecule has 0 atom stereocenters. The summed E-state index contributed by atoms with van der Waals surface area (Å²) in [7, 11) is 0. The third kappa shape index (κ3) is 5.23. The van der Waals surface area contributed by atoms with E-state index in [1.807, 2.05) is 16.7 Å². The molecule has 0 radical (unpaired) electrons. The summed E-state index contributed by atoms with van der Waals surface area (Å²) in [6.45, 7) is 6.83. The van der Waals surface area contributed by atoms with Crippen molar-refractivity contribution in [1.29, 1.82) is 0 Å². The van der Waals surface area contributed by atoms with Gasteiger partial charge in [0.15, 0.2) is 11.0 Å². The van der Waals surface area contributed by atoms with Crippen LogP contribution in [0.5, 0.6) is 0 Å². The molecule has 1 amide bonds. The van der Waals surface area contributed by atoms with Gasteiger partial charge in [-0.05, 0) is 37.1 Å². The number of amides is 1. The number of carbonyl (C=O) groups excluding carboxylic acids is 1. The fraction of sp³-hybridized carbons (Fsp3) is 0.261. The molecular weight excluding hydrogens is 440 g/mol. The van der Waals surface area contributed by atoms with E-state index >= 15 is 0 Å². The molecule has 0 bridgehead atoms. The van der Waals surface area contributed by atoms with Crippen molar-refractivity contribution < 1.29 is 4.79 Å². The highest BCUT2D eigenvalue weighted by Crippen LogP contribution is 2.30. The van der Waals surface area contributed by atoms with Crippen LogP contribution >= 0.6 is 23.1 Å². The van der Waals surface area contributed by atoms with Crippen molar-refractivity contribution in [3.8, 4) is 17.1 Å². The number of rotatable bonds is 8.